The minimum absolute atomic E-state index is 0.869. The van der Waals surface area contributed by atoms with Gasteiger partial charge in [-0.3, -0.25) is 4.98 Å². The molecule has 0 fully saturated rings. The molecule has 0 aliphatic carbocycles. The fraction of sp³-hybridized carbons (Fsp3) is 0. The first-order chi connectivity index (χ1) is 5.92. The van der Waals surface area contributed by atoms with Crippen LogP contribution in [0, 0.1) is 5.41 Å². The van der Waals surface area contributed by atoms with E-state index in [-0.39, 0.29) is 0 Å². The first-order valence-corrected chi connectivity index (χ1v) is 3.76. The van der Waals surface area contributed by atoms with Crippen LogP contribution in [-0.4, -0.2) is 11.2 Å². The first kappa shape index (κ1) is 6.98. The predicted molar refractivity (Wildman–Crippen MR) is 49.6 cm³/mol. The van der Waals surface area contributed by atoms with Crippen LogP contribution in [-0.2, 0) is 0 Å². The molecule has 0 saturated heterocycles. The van der Waals surface area contributed by atoms with Gasteiger partial charge in [0, 0.05) is 23.4 Å². The smallest absolute Gasteiger partial charge is 0.0789 e. The Labute approximate surface area is 70.4 Å². The Hall–Kier alpha value is -1.70. The van der Waals surface area contributed by atoms with Gasteiger partial charge in [-0.1, -0.05) is 24.3 Å². The van der Waals surface area contributed by atoms with Gasteiger partial charge in [0.1, 0.15) is 0 Å². The zero-order chi connectivity index (χ0) is 8.39. The Morgan fingerprint density at radius 2 is 2.00 bits per heavy atom. The largest absolute Gasteiger partial charge is 0.308 e. The Morgan fingerprint density at radius 1 is 1.17 bits per heavy atom. The zero-order valence-corrected chi connectivity index (χ0v) is 6.49. The molecule has 0 aliphatic rings. The summed E-state index contributed by atoms with van der Waals surface area (Å²) in [7, 11) is 0. The van der Waals surface area contributed by atoms with Crippen molar-refractivity contribution in [1.29, 1.82) is 5.41 Å². The lowest BCUT2D eigenvalue weighted by atomic mass is 10.1. The van der Waals surface area contributed by atoms with Gasteiger partial charge >= 0.3 is 0 Å². The van der Waals surface area contributed by atoms with Gasteiger partial charge in [0.25, 0.3) is 0 Å². The van der Waals surface area contributed by atoms with Crippen LogP contribution < -0.4 is 0 Å². The molecule has 58 valence electrons. The van der Waals surface area contributed by atoms with Crippen molar-refractivity contribution in [2.45, 2.75) is 0 Å². The molecule has 2 heteroatoms. The van der Waals surface area contributed by atoms with Crippen molar-refractivity contribution >= 4 is 17.1 Å². The second-order valence-corrected chi connectivity index (χ2v) is 2.57. The van der Waals surface area contributed by atoms with E-state index in [2.05, 4.69) is 4.98 Å². The van der Waals surface area contributed by atoms with E-state index in [1.165, 1.54) is 6.21 Å². The van der Waals surface area contributed by atoms with Crippen molar-refractivity contribution in [1.82, 2.24) is 4.98 Å². The van der Waals surface area contributed by atoms with Crippen molar-refractivity contribution in [3.05, 3.63) is 42.1 Å². The fourth-order valence-electron chi connectivity index (χ4n) is 1.24. The highest BCUT2D eigenvalue weighted by atomic mass is 14.6. The van der Waals surface area contributed by atoms with Crippen LogP contribution in [0.3, 0.4) is 0 Å². The number of para-hydroxylation sites is 1. The molecule has 0 saturated carbocycles. The molecule has 2 rings (SSSR count). The molecule has 1 heterocycles. The quantitative estimate of drug-likeness (QED) is 0.631. The predicted octanol–water partition coefficient (Wildman–Crippen LogP) is 2.23. The van der Waals surface area contributed by atoms with Gasteiger partial charge < -0.3 is 5.41 Å². The van der Waals surface area contributed by atoms with E-state index in [4.69, 9.17) is 5.41 Å². The number of fused-ring (bicyclic) bond motifs is 1. The Kier molecular flexibility index (Phi) is 1.59. The highest BCUT2D eigenvalue weighted by Crippen LogP contribution is 2.13. The van der Waals surface area contributed by atoms with E-state index in [1.54, 1.807) is 6.20 Å². The average molecular weight is 156 g/mol. The normalized spacial score (nSPS) is 10.0. The van der Waals surface area contributed by atoms with E-state index >= 15 is 0 Å². The summed E-state index contributed by atoms with van der Waals surface area (Å²) in [4.78, 5) is 4.20. The molecule has 1 N–H and O–H groups in total. The molecule has 1 aromatic heterocycles. The van der Waals surface area contributed by atoms with E-state index in [9.17, 15) is 0 Å². The molecule has 2 nitrogen and oxygen atoms in total. The highest BCUT2D eigenvalue weighted by Gasteiger charge is 1.96. The molecule has 0 radical (unpaired) electrons. The van der Waals surface area contributed by atoms with Crippen LogP contribution in [0.15, 0.2) is 36.5 Å². The number of hydrogen-bond acceptors (Lipinski definition) is 2. The van der Waals surface area contributed by atoms with Gasteiger partial charge in [-0.25, -0.2) is 0 Å². The van der Waals surface area contributed by atoms with E-state index in [1.807, 2.05) is 30.3 Å². The van der Waals surface area contributed by atoms with Gasteiger partial charge in [-0.15, -0.1) is 0 Å². The summed E-state index contributed by atoms with van der Waals surface area (Å²) < 4.78 is 0. The number of aromatic nitrogens is 1. The van der Waals surface area contributed by atoms with E-state index in [0.29, 0.717) is 0 Å². The van der Waals surface area contributed by atoms with Gasteiger partial charge in [0.15, 0.2) is 0 Å². The molecule has 0 spiro atoms. The molecule has 2 aromatic rings. The van der Waals surface area contributed by atoms with Crippen LogP contribution in [0.5, 0.6) is 0 Å². The average Bonchev–Trinajstić information content (AvgIpc) is 2.17. The number of nitrogens with one attached hydrogen (secondary N) is 1. The number of benzene rings is 1. The van der Waals surface area contributed by atoms with Crippen LogP contribution in [0.2, 0.25) is 0 Å². The number of rotatable bonds is 1. The maximum Gasteiger partial charge on any atom is 0.0789 e. The third-order valence-corrected chi connectivity index (χ3v) is 1.82. The third-order valence-electron chi connectivity index (χ3n) is 1.82. The van der Waals surface area contributed by atoms with Crippen LogP contribution in [0.25, 0.3) is 10.9 Å². The van der Waals surface area contributed by atoms with E-state index < -0.39 is 0 Å². The van der Waals surface area contributed by atoms with Gasteiger partial charge in [0.2, 0.25) is 0 Å². The molecule has 1 aromatic carbocycles. The summed E-state index contributed by atoms with van der Waals surface area (Å²) in [5.74, 6) is 0. The molecule has 0 atom stereocenters. The lowest BCUT2D eigenvalue weighted by Gasteiger charge is -1.98. The number of nitrogens with zero attached hydrogens (tertiary/aromatic N) is 1. The monoisotopic (exact) mass is 156 g/mol. The molecule has 0 bridgehead atoms. The molecule has 12 heavy (non-hydrogen) atoms. The summed E-state index contributed by atoms with van der Waals surface area (Å²) in [6.07, 6.45) is 3.07. The van der Waals surface area contributed by atoms with Crippen LogP contribution >= 0.6 is 0 Å². The van der Waals surface area contributed by atoms with Crippen LogP contribution in [0.1, 0.15) is 5.56 Å². The summed E-state index contributed by atoms with van der Waals surface area (Å²) in [5.41, 5.74) is 1.77. The maximum absolute atomic E-state index is 7.16. The van der Waals surface area contributed by atoms with Crippen LogP contribution in [0.4, 0.5) is 0 Å². The second kappa shape index (κ2) is 2.74. The number of hydrogen-bond donors (Lipinski definition) is 1. The summed E-state index contributed by atoms with van der Waals surface area (Å²) in [6, 6.07) is 9.72. The molecule has 0 aliphatic heterocycles. The first-order valence-electron chi connectivity index (χ1n) is 3.76. The number of pyridine rings is 1. The molecule has 0 unspecified atom stereocenters. The van der Waals surface area contributed by atoms with Crippen molar-refractivity contribution in [2.24, 2.45) is 0 Å². The molecular formula is C10H8N2. The van der Waals surface area contributed by atoms with E-state index in [0.717, 1.165) is 16.5 Å². The Bertz CT molecular complexity index is 416. The lowest BCUT2D eigenvalue weighted by Crippen LogP contribution is -1.85. The summed E-state index contributed by atoms with van der Waals surface area (Å²) in [5, 5.41) is 8.24. The topological polar surface area (TPSA) is 36.7 Å². The third kappa shape index (κ3) is 0.975. The van der Waals surface area contributed by atoms with Gasteiger partial charge in [-0.2, -0.15) is 0 Å². The summed E-state index contributed by atoms with van der Waals surface area (Å²) >= 11 is 0. The fourth-order valence-corrected chi connectivity index (χ4v) is 1.24. The van der Waals surface area contributed by atoms with Gasteiger partial charge in [0.05, 0.1) is 5.52 Å². The minimum Gasteiger partial charge on any atom is -0.308 e. The molecule has 0 amide bonds. The Balaban J connectivity index is 2.88. The highest BCUT2D eigenvalue weighted by molar-refractivity contribution is 5.96. The van der Waals surface area contributed by atoms with Crippen molar-refractivity contribution in [3.8, 4) is 0 Å². The van der Waals surface area contributed by atoms with Crippen molar-refractivity contribution in [3.63, 3.8) is 0 Å². The van der Waals surface area contributed by atoms with Gasteiger partial charge in [-0.05, 0) is 6.07 Å². The van der Waals surface area contributed by atoms with Crippen molar-refractivity contribution in [2.75, 3.05) is 0 Å². The SMILES string of the molecule is N=Cc1cccc2cccnc12. The van der Waals surface area contributed by atoms with Crippen molar-refractivity contribution < 1.29 is 0 Å². The Morgan fingerprint density at radius 3 is 2.83 bits per heavy atom. The molecular weight excluding hydrogens is 148 g/mol. The second-order valence-electron chi connectivity index (χ2n) is 2.57. The minimum atomic E-state index is 0.869. The lowest BCUT2D eigenvalue weighted by molar-refractivity contribution is 1.40. The zero-order valence-electron chi connectivity index (χ0n) is 6.49. The maximum atomic E-state index is 7.16. The summed E-state index contributed by atoms with van der Waals surface area (Å²) in [6.45, 7) is 0. The standard InChI is InChI=1S/C10H8N2/c11-7-9-4-1-3-8-5-2-6-12-10(8)9/h1-7,11H.